The fourth-order valence-electron chi connectivity index (χ4n) is 2.60. The number of hydrogen-bond acceptors (Lipinski definition) is 3. The van der Waals surface area contributed by atoms with E-state index in [1.807, 2.05) is 26.0 Å². The Kier molecular flexibility index (Phi) is 9.04. The maximum absolute atomic E-state index is 13.0. The maximum Gasteiger partial charge on any atom is 0.261 e. The molecule has 0 saturated heterocycles. The Morgan fingerprint density at radius 3 is 2.21 bits per heavy atom. The molecule has 8 heteroatoms. The topological polar surface area (TPSA) is 58.6 Å². The molecule has 0 bridgehead atoms. The van der Waals surface area contributed by atoms with Crippen molar-refractivity contribution in [3.05, 3.63) is 61.6 Å². The van der Waals surface area contributed by atoms with Crippen LogP contribution in [-0.4, -0.2) is 35.4 Å². The molecule has 2 rings (SSSR count). The van der Waals surface area contributed by atoms with E-state index in [-0.39, 0.29) is 31.0 Å². The fourth-order valence-corrected chi connectivity index (χ4v) is 3.48. The van der Waals surface area contributed by atoms with Crippen LogP contribution in [0, 0.1) is 3.57 Å². The Morgan fingerprint density at radius 2 is 1.66 bits per heavy atom. The summed E-state index contributed by atoms with van der Waals surface area (Å²) in [5.74, 6) is -0.0227. The van der Waals surface area contributed by atoms with Gasteiger partial charge in [0.15, 0.2) is 6.61 Å². The van der Waals surface area contributed by atoms with E-state index in [0.717, 1.165) is 3.57 Å². The number of hydrogen-bond donors (Lipinski definition) is 1. The standard InChI is InChI=1S/C21H23Cl2IN2O3/c1-13(2)25-21(28)14(3)26(11-17-18(22)5-4-6-19(17)23)20(27)12-29-16-9-7-15(24)8-10-16/h4-10,13-14H,11-12H2,1-3H3,(H,25,28)/t14-/m1/s1. The van der Waals surface area contributed by atoms with Crippen molar-refractivity contribution >= 4 is 57.6 Å². The number of ether oxygens (including phenoxy) is 1. The predicted octanol–water partition coefficient (Wildman–Crippen LogP) is 4.92. The van der Waals surface area contributed by atoms with Gasteiger partial charge in [-0.2, -0.15) is 0 Å². The minimum absolute atomic E-state index is 0.0474. The van der Waals surface area contributed by atoms with E-state index in [2.05, 4.69) is 27.9 Å². The molecule has 0 heterocycles. The zero-order valence-electron chi connectivity index (χ0n) is 16.4. The fraction of sp³-hybridized carbons (Fsp3) is 0.333. The van der Waals surface area contributed by atoms with Crippen LogP contribution in [0.2, 0.25) is 10.0 Å². The first-order valence-corrected chi connectivity index (χ1v) is 10.9. The van der Waals surface area contributed by atoms with Crippen LogP contribution < -0.4 is 10.1 Å². The van der Waals surface area contributed by atoms with Crippen LogP contribution in [0.1, 0.15) is 26.3 Å². The van der Waals surface area contributed by atoms with E-state index in [0.29, 0.717) is 21.4 Å². The quantitative estimate of drug-likeness (QED) is 0.476. The summed E-state index contributed by atoms with van der Waals surface area (Å²) in [6.07, 6.45) is 0. The number of halogens is 3. The van der Waals surface area contributed by atoms with Crippen LogP contribution >= 0.6 is 45.8 Å². The number of carbonyl (C=O) groups excluding carboxylic acids is 2. The number of benzene rings is 2. The first-order valence-electron chi connectivity index (χ1n) is 9.10. The smallest absolute Gasteiger partial charge is 0.261 e. The molecule has 1 N–H and O–H groups in total. The van der Waals surface area contributed by atoms with Crippen molar-refractivity contribution in [2.45, 2.75) is 39.4 Å². The molecule has 5 nitrogen and oxygen atoms in total. The highest BCUT2D eigenvalue weighted by Gasteiger charge is 2.28. The molecular weight excluding hydrogens is 526 g/mol. The van der Waals surface area contributed by atoms with Crippen molar-refractivity contribution in [2.75, 3.05) is 6.61 Å². The SMILES string of the molecule is CC(C)NC(=O)[C@@H](C)N(Cc1c(Cl)cccc1Cl)C(=O)COc1ccc(I)cc1. The zero-order chi connectivity index (χ0) is 21.6. The van der Waals surface area contributed by atoms with Crippen LogP contribution in [-0.2, 0) is 16.1 Å². The minimum Gasteiger partial charge on any atom is -0.484 e. The Balaban J connectivity index is 2.21. The van der Waals surface area contributed by atoms with E-state index in [9.17, 15) is 9.59 Å². The van der Waals surface area contributed by atoms with Gasteiger partial charge in [-0.3, -0.25) is 9.59 Å². The van der Waals surface area contributed by atoms with Gasteiger partial charge in [0, 0.05) is 31.8 Å². The molecule has 0 saturated carbocycles. The molecule has 29 heavy (non-hydrogen) atoms. The van der Waals surface area contributed by atoms with Crippen LogP contribution in [0.15, 0.2) is 42.5 Å². The molecule has 2 amide bonds. The molecule has 156 valence electrons. The van der Waals surface area contributed by atoms with Gasteiger partial charge in [0.25, 0.3) is 5.91 Å². The minimum atomic E-state index is -0.724. The van der Waals surface area contributed by atoms with Crippen molar-refractivity contribution in [2.24, 2.45) is 0 Å². The summed E-state index contributed by atoms with van der Waals surface area (Å²) >= 11 is 14.8. The number of rotatable bonds is 8. The van der Waals surface area contributed by atoms with Crippen LogP contribution in [0.4, 0.5) is 0 Å². The Bertz CT molecular complexity index is 839. The number of carbonyl (C=O) groups is 2. The Hall–Kier alpha value is -1.51. The first-order chi connectivity index (χ1) is 13.7. The van der Waals surface area contributed by atoms with E-state index < -0.39 is 6.04 Å². The van der Waals surface area contributed by atoms with Gasteiger partial charge in [0.05, 0.1) is 0 Å². The molecule has 0 aliphatic heterocycles. The first kappa shape index (κ1) is 23.8. The predicted molar refractivity (Wildman–Crippen MR) is 124 cm³/mol. The third-order valence-electron chi connectivity index (χ3n) is 4.16. The summed E-state index contributed by atoms with van der Waals surface area (Å²) in [5, 5.41) is 3.70. The van der Waals surface area contributed by atoms with Gasteiger partial charge in [-0.05, 0) is 79.8 Å². The molecule has 0 unspecified atom stereocenters. The second kappa shape index (κ2) is 11.0. The lowest BCUT2D eigenvalue weighted by Crippen LogP contribution is -2.50. The van der Waals surface area contributed by atoms with Gasteiger partial charge >= 0.3 is 0 Å². The third-order valence-corrected chi connectivity index (χ3v) is 5.59. The third kappa shape index (κ3) is 7.04. The van der Waals surface area contributed by atoms with E-state index in [1.54, 1.807) is 37.3 Å². The number of nitrogens with one attached hydrogen (secondary N) is 1. The van der Waals surface area contributed by atoms with E-state index in [1.165, 1.54) is 4.90 Å². The highest BCUT2D eigenvalue weighted by Crippen LogP contribution is 2.26. The largest absolute Gasteiger partial charge is 0.484 e. The second-order valence-electron chi connectivity index (χ2n) is 6.80. The lowest BCUT2D eigenvalue weighted by Gasteiger charge is -2.30. The summed E-state index contributed by atoms with van der Waals surface area (Å²) in [5.41, 5.74) is 0.586. The maximum atomic E-state index is 13.0. The average molecular weight is 549 g/mol. The normalized spacial score (nSPS) is 11.8. The summed E-state index contributed by atoms with van der Waals surface area (Å²) in [6, 6.07) is 11.7. The van der Waals surface area contributed by atoms with Gasteiger partial charge < -0.3 is 15.0 Å². The zero-order valence-corrected chi connectivity index (χ0v) is 20.1. The van der Waals surface area contributed by atoms with Crippen molar-refractivity contribution in [1.82, 2.24) is 10.2 Å². The Labute approximate surface area is 194 Å². The molecular formula is C21H23Cl2IN2O3. The van der Waals surface area contributed by atoms with Crippen LogP contribution in [0.5, 0.6) is 5.75 Å². The number of nitrogens with zero attached hydrogens (tertiary/aromatic N) is 1. The number of amides is 2. The molecule has 0 radical (unpaired) electrons. The molecule has 1 atom stereocenters. The highest BCUT2D eigenvalue weighted by molar-refractivity contribution is 14.1. The molecule has 0 fully saturated rings. The molecule has 0 aliphatic carbocycles. The summed E-state index contributed by atoms with van der Waals surface area (Å²) in [4.78, 5) is 27.0. The van der Waals surface area contributed by atoms with Gasteiger partial charge in [-0.25, -0.2) is 0 Å². The van der Waals surface area contributed by atoms with Gasteiger partial charge in [-0.15, -0.1) is 0 Å². The molecule has 2 aromatic rings. The van der Waals surface area contributed by atoms with Crippen LogP contribution in [0.3, 0.4) is 0 Å². The van der Waals surface area contributed by atoms with Crippen molar-refractivity contribution in [3.8, 4) is 5.75 Å². The van der Waals surface area contributed by atoms with E-state index >= 15 is 0 Å². The second-order valence-corrected chi connectivity index (χ2v) is 8.86. The van der Waals surface area contributed by atoms with E-state index in [4.69, 9.17) is 27.9 Å². The molecule has 0 spiro atoms. The lowest BCUT2D eigenvalue weighted by molar-refractivity contribution is -0.142. The lowest BCUT2D eigenvalue weighted by atomic mass is 10.1. The molecule has 0 aromatic heterocycles. The van der Waals surface area contributed by atoms with Crippen LogP contribution in [0.25, 0.3) is 0 Å². The Morgan fingerprint density at radius 1 is 1.07 bits per heavy atom. The monoisotopic (exact) mass is 548 g/mol. The summed E-state index contributed by atoms with van der Waals surface area (Å²) < 4.78 is 6.69. The van der Waals surface area contributed by atoms with Gasteiger partial charge in [0.1, 0.15) is 11.8 Å². The van der Waals surface area contributed by atoms with Crippen molar-refractivity contribution < 1.29 is 14.3 Å². The molecule has 2 aromatic carbocycles. The molecule has 0 aliphatic rings. The van der Waals surface area contributed by atoms with Crippen molar-refractivity contribution in [1.29, 1.82) is 0 Å². The van der Waals surface area contributed by atoms with Gasteiger partial charge in [0.2, 0.25) is 5.91 Å². The summed E-state index contributed by atoms with van der Waals surface area (Å²) in [7, 11) is 0. The summed E-state index contributed by atoms with van der Waals surface area (Å²) in [6.45, 7) is 5.29. The van der Waals surface area contributed by atoms with Crippen molar-refractivity contribution in [3.63, 3.8) is 0 Å². The average Bonchev–Trinajstić information content (AvgIpc) is 2.66. The van der Waals surface area contributed by atoms with Gasteiger partial charge in [-0.1, -0.05) is 29.3 Å². The highest BCUT2D eigenvalue weighted by atomic mass is 127.